The van der Waals surface area contributed by atoms with E-state index in [4.69, 9.17) is 9.84 Å². The van der Waals surface area contributed by atoms with Crippen LogP contribution in [0.4, 0.5) is 0 Å². The number of carboxylic acid groups (broad SMARTS) is 1. The first-order valence-electron chi connectivity index (χ1n) is 9.35. The maximum atomic E-state index is 12.8. The van der Waals surface area contributed by atoms with Gasteiger partial charge in [0.05, 0.1) is 0 Å². The summed E-state index contributed by atoms with van der Waals surface area (Å²) in [6.07, 6.45) is 2.94. The second kappa shape index (κ2) is 9.33. The van der Waals surface area contributed by atoms with E-state index in [1.54, 1.807) is 0 Å². The number of rotatable bonds is 7. The second-order valence-corrected chi connectivity index (χ2v) is 6.84. The minimum absolute atomic E-state index is 0.0319. The highest BCUT2D eigenvalue weighted by molar-refractivity contribution is 5.78. The largest absolute Gasteiger partial charge is 0.480 e. The molecular formula is C22H25NO4. The summed E-state index contributed by atoms with van der Waals surface area (Å²) >= 11 is 0. The van der Waals surface area contributed by atoms with Crippen molar-refractivity contribution in [3.63, 3.8) is 0 Å². The SMILES string of the molecule is O=C(O)COCC(=O)N1CCCCC1C(c1ccccc1)c1ccccc1. The van der Waals surface area contributed by atoms with Gasteiger partial charge in [0.15, 0.2) is 0 Å². The highest BCUT2D eigenvalue weighted by Gasteiger charge is 2.34. The average molecular weight is 367 g/mol. The fraction of sp³-hybridized carbons (Fsp3) is 0.364. The molecule has 1 heterocycles. The Labute approximate surface area is 159 Å². The molecular weight excluding hydrogens is 342 g/mol. The van der Waals surface area contributed by atoms with Crippen molar-refractivity contribution in [2.75, 3.05) is 19.8 Å². The first-order chi connectivity index (χ1) is 13.2. The summed E-state index contributed by atoms with van der Waals surface area (Å²) in [5.74, 6) is -1.13. The molecule has 1 aliphatic heterocycles. The van der Waals surface area contributed by atoms with Crippen LogP contribution in [-0.4, -0.2) is 47.7 Å². The van der Waals surface area contributed by atoms with Gasteiger partial charge in [-0.25, -0.2) is 4.79 Å². The van der Waals surface area contributed by atoms with Crippen LogP contribution in [-0.2, 0) is 14.3 Å². The molecule has 1 aliphatic rings. The van der Waals surface area contributed by atoms with E-state index in [2.05, 4.69) is 24.3 Å². The lowest BCUT2D eigenvalue weighted by Crippen LogP contribution is -2.48. The van der Waals surface area contributed by atoms with E-state index in [9.17, 15) is 9.59 Å². The van der Waals surface area contributed by atoms with Gasteiger partial charge in [0.25, 0.3) is 0 Å². The van der Waals surface area contributed by atoms with Gasteiger partial charge in [-0.05, 0) is 30.4 Å². The monoisotopic (exact) mass is 367 g/mol. The predicted molar refractivity (Wildman–Crippen MR) is 103 cm³/mol. The molecule has 0 saturated carbocycles. The van der Waals surface area contributed by atoms with Gasteiger partial charge in [-0.2, -0.15) is 0 Å². The Kier molecular flexibility index (Phi) is 6.60. The summed E-state index contributed by atoms with van der Waals surface area (Å²) in [7, 11) is 0. The first-order valence-corrected chi connectivity index (χ1v) is 9.35. The maximum absolute atomic E-state index is 12.8. The summed E-state index contributed by atoms with van der Waals surface area (Å²) in [4.78, 5) is 25.3. The fourth-order valence-corrected chi connectivity index (χ4v) is 3.88. The predicted octanol–water partition coefficient (Wildman–Crippen LogP) is 3.30. The van der Waals surface area contributed by atoms with Crippen LogP contribution >= 0.6 is 0 Å². The molecule has 2 aromatic carbocycles. The molecule has 2 aromatic rings. The lowest BCUT2D eigenvalue weighted by atomic mass is 9.80. The Morgan fingerprint density at radius 1 is 0.963 bits per heavy atom. The number of hydrogen-bond acceptors (Lipinski definition) is 3. The van der Waals surface area contributed by atoms with Crippen molar-refractivity contribution in [1.29, 1.82) is 0 Å². The minimum Gasteiger partial charge on any atom is -0.480 e. The van der Waals surface area contributed by atoms with Crippen LogP contribution in [0.5, 0.6) is 0 Å². The summed E-state index contributed by atoms with van der Waals surface area (Å²) in [6, 6.07) is 20.5. The molecule has 5 heteroatoms. The van der Waals surface area contributed by atoms with Gasteiger partial charge in [-0.15, -0.1) is 0 Å². The summed E-state index contributed by atoms with van der Waals surface area (Å²) in [5.41, 5.74) is 2.36. The minimum atomic E-state index is -1.07. The van der Waals surface area contributed by atoms with E-state index in [0.29, 0.717) is 6.54 Å². The van der Waals surface area contributed by atoms with Crippen LogP contribution < -0.4 is 0 Å². The Morgan fingerprint density at radius 3 is 2.11 bits per heavy atom. The van der Waals surface area contributed by atoms with E-state index in [1.165, 1.54) is 11.1 Å². The number of benzene rings is 2. The highest BCUT2D eigenvalue weighted by Crippen LogP contribution is 2.35. The molecule has 0 radical (unpaired) electrons. The molecule has 1 atom stereocenters. The van der Waals surface area contributed by atoms with Gasteiger partial charge in [0.1, 0.15) is 13.2 Å². The maximum Gasteiger partial charge on any atom is 0.329 e. The van der Waals surface area contributed by atoms with Crippen molar-refractivity contribution in [3.8, 4) is 0 Å². The Balaban J connectivity index is 1.87. The van der Waals surface area contributed by atoms with Crippen molar-refractivity contribution >= 4 is 11.9 Å². The van der Waals surface area contributed by atoms with Gasteiger partial charge in [-0.1, -0.05) is 60.7 Å². The smallest absolute Gasteiger partial charge is 0.329 e. The van der Waals surface area contributed by atoms with Gasteiger partial charge >= 0.3 is 5.97 Å². The molecule has 0 bridgehead atoms. The molecule has 1 unspecified atom stereocenters. The zero-order chi connectivity index (χ0) is 19.1. The summed E-state index contributed by atoms with van der Waals surface area (Å²) in [5, 5.41) is 8.72. The second-order valence-electron chi connectivity index (χ2n) is 6.84. The van der Waals surface area contributed by atoms with Crippen LogP contribution in [0.25, 0.3) is 0 Å². The number of nitrogens with zero attached hydrogens (tertiary/aromatic N) is 1. The topological polar surface area (TPSA) is 66.8 Å². The third-order valence-electron chi connectivity index (χ3n) is 5.02. The third kappa shape index (κ3) is 4.95. The number of hydrogen-bond donors (Lipinski definition) is 1. The Bertz CT molecular complexity index is 708. The number of amides is 1. The molecule has 1 N–H and O–H groups in total. The molecule has 0 aromatic heterocycles. The fourth-order valence-electron chi connectivity index (χ4n) is 3.88. The van der Waals surface area contributed by atoms with Crippen molar-refractivity contribution < 1.29 is 19.4 Å². The van der Waals surface area contributed by atoms with E-state index < -0.39 is 12.6 Å². The van der Waals surface area contributed by atoms with Gasteiger partial charge in [0.2, 0.25) is 5.91 Å². The molecule has 0 spiro atoms. The highest BCUT2D eigenvalue weighted by atomic mass is 16.5. The molecule has 27 heavy (non-hydrogen) atoms. The van der Waals surface area contributed by atoms with Crippen LogP contribution in [0, 0.1) is 0 Å². The lowest BCUT2D eigenvalue weighted by Gasteiger charge is -2.41. The van der Waals surface area contributed by atoms with Crippen molar-refractivity contribution in [2.45, 2.75) is 31.2 Å². The molecule has 3 rings (SSSR count). The number of carbonyl (C=O) groups excluding carboxylic acids is 1. The Morgan fingerprint density at radius 2 is 1.56 bits per heavy atom. The molecule has 0 aliphatic carbocycles. The van der Waals surface area contributed by atoms with Crippen LogP contribution in [0.2, 0.25) is 0 Å². The molecule has 1 saturated heterocycles. The molecule has 5 nitrogen and oxygen atoms in total. The van der Waals surface area contributed by atoms with Crippen LogP contribution in [0.1, 0.15) is 36.3 Å². The first kappa shape index (κ1) is 19.1. The van der Waals surface area contributed by atoms with Crippen LogP contribution in [0.3, 0.4) is 0 Å². The molecule has 142 valence electrons. The van der Waals surface area contributed by atoms with E-state index in [1.807, 2.05) is 41.3 Å². The van der Waals surface area contributed by atoms with Gasteiger partial charge in [0, 0.05) is 18.5 Å². The number of carbonyl (C=O) groups is 2. The summed E-state index contributed by atoms with van der Waals surface area (Å²) in [6.45, 7) is 0.0280. The number of ether oxygens (including phenoxy) is 1. The summed E-state index contributed by atoms with van der Waals surface area (Å²) < 4.78 is 5.06. The average Bonchev–Trinajstić information content (AvgIpc) is 2.70. The zero-order valence-corrected chi connectivity index (χ0v) is 15.3. The van der Waals surface area contributed by atoms with Crippen molar-refractivity contribution in [1.82, 2.24) is 4.90 Å². The van der Waals surface area contributed by atoms with Crippen molar-refractivity contribution in [2.24, 2.45) is 0 Å². The number of piperidine rings is 1. The number of aliphatic carboxylic acids is 1. The standard InChI is InChI=1S/C22H25NO4/c24-20(15-27-16-21(25)26)23-14-8-7-13-19(23)22(17-9-3-1-4-10-17)18-11-5-2-6-12-18/h1-6,9-12,19,22H,7-8,13-16H2,(H,25,26). The number of carboxylic acids is 1. The van der Waals surface area contributed by atoms with E-state index >= 15 is 0 Å². The zero-order valence-electron chi connectivity index (χ0n) is 15.3. The quantitative estimate of drug-likeness (QED) is 0.815. The van der Waals surface area contributed by atoms with Gasteiger partial charge < -0.3 is 14.7 Å². The Hall–Kier alpha value is -2.66. The molecule has 1 fully saturated rings. The van der Waals surface area contributed by atoms with Gasteiger partial charge in [-0.3, -0.25) is 4.79 Å². The lowest BCUT2D eigenvalue weighted by molar-refractivity contribution is -0.147. The third-order valence-corrected chi connectivity index (χ3v) is 5.02. The van der Waals surface area contributed by atoms with E-state index in [0.717, 1.165) is 19.3 Å². The van der Waals surface area contributed by atoms with Crippen molar-refractivity contribution in [3.05, 3.63) is 71.8 Å². The normalized spacial score (nSPS) is 17.1. The molecule has 1 amide bonds. The van der Waals surface area contributed by atoms with E-state index in [-0.39, 0.29) is 24.5 Å². The van der Waals surface area contributed by atoms with Crippen LogP contribution in [0.15, 0.2) is 60.7 Å². The number of likely N-dealkylation sites (tertiary alicyclic amines) is 1.